The summed E-state index contributed by atoms with van der Waals surface area (Å²) in [6, 6.07) is 36.7. The Kier molecular flexibility index (Phi) is 9.43. The molecule has 0 radical (unpaired) electrons. The molecular formula is C33H35N3O2. The summed E-state index contributed by atoms with van der Waals surface area (Å²) in [6.07, 6.45) is 1.09. The highest BCUT2D eigenvalue weighted by molar-refractivity contribution is 5.92. The van der Waals surface area contributed by atoms with Crippen LogP contribution in [0.25, 0.3) is 11.1 Å². The SMILES string of the molecule is C[C@H](NC(=O)[C@@H](CCCN)NC(=O)C(c1ccccc1)c1ccccc1)c1ccc(-c2ccccc2)cc1. The van der Waals surface area contributed by atoms with Gasteiger partial charge in [-0.1, -0.05) is 115 Å². The van der Waals surface area contributed by atoms with Crippen LogP contribution in [0.2, 0.25) is 0 Å². The van der Waals surface area contributed by atoms with Crippen LogP contribution in [0.4, 0.5) is 0 Å². The standard InChI is InChI=1S/C33H35N3O2/c1-24(25-19-21-27(22-20-25)26-12-5-2-6-13-26)35-32(37)30(18-11-23-34)36-33(38)31(28-14-7-3-8-15-28)29-16-9-4-10-17-29/h2-10,12-17,19-22,24,30-31H,11,18,23,34H2,1H3,(H,35,37)(H,36,38)/t24-,30+/m0/s1. The van der Waals surface area contributed by atoms with Gasteiger partial charge in [0.2, 0.25) is 11.8 Å². The number of amides is 2. The van der Waals surface area contributed by atoms with Gasteiger partial charge in [0.25, 0.3) is 0 Å². The third-order valence-electron chi connectivity index (χ3n) is 6.73. The quantitative estimate of drug-likeness (QED) is 0.249. The predicted octanol–water partition coefficient (Wildman–Crippen LogP) is 5.59. The second-order valence-corrected chi connectivity index (χ2v) is 9.46. The zero-order valence-corrected chi connectivity index (χ0v) is 21.7. The maximum absolute atomic E-state index is 13.6. The lowest BCUT2D eigenvalue weighted by molar-refractivity contribution is -0.129. The smallest absolute Gasteiger partial charge is 0.243 e. The number of nitrogens with one attached hydrogen (secondary N) is 2. The summed E-state index contributed by atoms with van der Waals surface area (Å²) < 4.78 is 0. The first-order valence-electron chi connectivity index (χ1n) is 13.1. The van der Waals surface area contributed by atoms with E-state index in [4.69, 9.17) is 5.73 Å². The Labute approximate surface area is 225 Å². The zero-order chi connectivity index (χ0) is 26.7. The van der Waals surface area contributed by atoms with Gasteiger partial charge in [0, 0.05) is 0 Å². The minimum Gasteiger partial charge on any atom is -0.348 e. The van der Waals surface area contributed by atoms with E-state index in [0.29, 0.717) is 19.4 Å². The summed E-state index contributed by atoms with van der Waals surface area (Å²) in [4.78, 5) is 27.0. The Hall–Kier alpha value is -4.22. The third-order valence-corrected chi connectivity index (χ3v) is 6.73. The van der Waals surface area contributed by atoms with Gasteiger partial charge < -0.3 is 16.4 Å². The molecule has 194 valence electrons. The Morgan fingerprint density at radius 3 is 1.66 bits per heavy atom. The molecule has 5 nitrogen and oxygen atoms in total. The number of carbonyl (C=O) groups excluding carboxylic acids is 2. The molecule has 4 aromatic carbocycles. The minimum atomic E-state index is -0.688. The van der Waals surface area contributed by atoms with Crippen LogP contribution in [-0.2, 0) is 9.59 Å². The van der Waals surface area contributed by atoms with Crippen LogP contribution >= 0.6 is 0 Å². The number of nitrogens with two attached hydrogens (primary N) is 1. The van der Waals surface area contributed by atoms with Crippen LogP contribution in [0, 0.1) is 0 Å². The molecule has 2 atom stereocenters. The van der Waals surface area contributed by atoms with Crippen molar-refractivity contribution in [2.45, 2.75) is 37.8 Å². The molecule has 0 heterocycles. The molecule has 0 aliphatic heterocycles. The van der Waals surface area contributed by atoms with Crippen molar-refractivity contribution in [1.29, 1.82) is 0 Å². The summed E-state index contributed by atoms with van der Waals surface area (Å²) in [5.74, 6) is -0.945. The van der Waals surface area contributed by atoms with Gasteiger partial charge in [0.1, 0.15) is 6.04 Å². The molecule has 0 bridgehead atoms. The fourth-order valence-corrected chi connectivity index (χ4v) is 4.62. The van der Waals surface area contributed by atoms with Gasteiger partial charge in [-0.25, -0.2) is 0 Å². The van der Waals surface area contributed by atoms with Crippen molar-refractivity contribution in [3.8, 4) is 11.1 Å². The summed E-state index contributed by atoms with van der Waals surface area (Å²) in [6.45, 7) is 2.39. The summed E-state index contributed by atoms with van der Waals surface area (Å²) in [7, 11) is 0. The molecule has 0 fully saturated rings. The van der Waals surface area contributed by atoms with Crippen molar-refractivity contribution in [2.75, 3.05) is 6.54 Å². The van der Waals surface area contributed by atoms with E-state index in [2.05, 4.69) is 34.9 Å². The molecule has 2 amide bonds. The Morgan fingerprint density at radius 1 is 0.632 bits per heavy atom. The topological polar surface area (TPSA) is 84.2 Å². The molecular weight excluding hydrogens is 470 g/mol. The normalized spacial score (nSPS) is 12.5. The summed E-state index contributed by atoms with van der Waals surface area (Å²) in [5.41, 5.74) is 10.8. The summed E-state index contributed by atoms with van der Waals surface area (Å²) in [5, 5.41) is 6.12. The van der Waals surface area contributed by atoms with Crippen LogP contribution in [0.1, 0.15) is 48.4 Å². The van der Waals surface area contributed by atoms with Crippen LogP contribution in [-0.4, -0.2) is 24.4 Å². The molecule has 0 aliphatic rings. The van der Waals surface area contributed by atoms with Crippen LogP contribution in [0.5, 0.6) is 0 Å². The van der Waals surface area contributed by atoms with E-state index >= 15 is 0 Å². The maximum Gasteiger partial charge on any atom is 0.243 e. The fraction of sp³-hybridized carbons (Fsp3) is 0.212. The predicted molar refractivity (Wildman–Crippen MR) is 153 cm³/mol. The molecule has 0 spiro atoms. The molecule has 4 rings (SSSR count). The van der Waals surface area contributed by atoms with Gasteiger partial charge in [0.15, 0.2) is 0 Å². The Morgan fingerprint density at radius 2 is 1.13 bits per heavy atom. The van der Waals surface area contributed by atoms with Gasteiger partial charge in [-0.05, 0) is 54.1 Å². The second-order valence-electron chi connectivity index (χ2n) is 9.46. The average Bonchev–Trinajstić information content (AvgIpc) is 2.97. The van der Waals surface area contributed by atoms with Crippen molar-refractivity contribution in [2.24, 2.45) is 5.73 Å². The molecule has 5 heteroatoms. The average molecular weight is 506 g/mol. The number of carbonyl (C=O) groups is 2. The van der Waals surface area contributed by atoms with Gasteiger partial charge in [0.05, 0.1) is 12.0 Å². The molecule has 0 aliphatic carbocycles. The van der Waals surface area contributed by atoms with Crippen molar-refractivity contribution >= 4 is 11.8 Å². The molecule has 4 aromatic rings. The van der Waals surface area contributed by atoms with Crippen LogP contribution in [0.15, 0.2) is 115 Å². The number of benzene rings is 4. The number of hydrogen-bond donors (Lipinski definition) is 3. The van der Waals surface area contributed by atoms with Crippen molar-refractivity contribution < 1.29 is 9.59 Å². The van der Waals surface area contributed by atoms with Crippen LogP contribution in [0.3, 0.4) is 0 Å². The highest BCUT2D eigenvalue weighted by Crippen LogP contribution is 2.26. The highest BCUT2D eigenvalue weighted by atomic mass is 16.2. The van der Waals surface area contributed by atoms with Crippen molar-refractivity contribution in [3.63, 3.8) is 0 Å². The van der Waals surface area contributed by atoms with Crippen molar-refractivity contribution in [3.05, 3.63) is 132 Å². The molecule has 0 unspecified atom stereocenters. The van der Waals surface area contributed by atoms with Crippen molar-refractivity contribution in [1.82, 2.24) is 10.6 Å². The Balaban J connectivity index is 1.48. The largest absolute Gasteiger partial charge is 0.348 e. The minimum absolute atomic E-state index is 0.209. The van der Waals surface area contributed by atoms with E-state index in [1.54, 1.807) is 0 Å². The number of rotatable bonds is 11. The third kappa shape index (κ3) is 6.96. The first-order valence-corrected chi connectivity index (χ1v) is 13.1. The monoisotopic (exact) mass is 505 g/mol. The molecule has 0 saturated carbocycles. The molecule has 38 heavy (non-hydrogen) atoms. The lowest BCUT2D eigenvalue weighted by Gasteiger charge is -2.25. The molecule has 0 saturated heterocycles. The first-order chi connectivity index (χ1) is 18.6. The second kappa shape index (κ2) is 13.4. The fourth-order valence-electron chi connectivity index (χ4n) is 4.62. The summed E-state index contributed by atoms with van der Waals surface area (Å²) >= 11 is 0. The van der Waals surface area contributed by atoms with E-state index in [1.807, 2.05) is 97.9 Å². The Bertz CT molecular complexity index is 1250. The van der Waals surface area contributed by atoms with Gasteiger partial charge in [-0.15, -0.1) is 0 Å². The lowest BCUT2D eigenvalue weighted by atomic mass is 9.90. The first kappa shape index (κ1) is 26.8. The zero-order valence-electron chi connectivity index (χ0n) is 21.7. The van der Waals surface area contributed by atoms with E-state index in [9.17, 15) is 9.59 Å². The van der Waals surface area contributed by atoms with E-state index in [1.165, 1.54) is 0 Å². The number of hydrogen-bond acceptors (Lipinski definition) is 3. The van der Waals surface area contributed by atoms with Gasteiger partial charge in [-0.3, -0.25) is 9.59 Å². The van der Waals surface area contributed by atoms with E-state index in [0.717, 1.165) is 27.8 Å². The maximum atomic E-state index is 13.6. The molecule has 0 aromatic heterocycles. The highest BCUT2D eigenvalue weighted by Gasteiger charge is 2.28. The van der Waals surface area contributed by atoms with Gasteiger partial charge in [-0.2, -0.15) is 0 Å². The van der Waals surface area contributed by atoms with Crippen LogP contribution < -0.4 is 16.4 Å². The van der Waals surface area contributed by atoms with E-state index < -0.39 is 12.0 Å². The molecule has 4 N–H and O–H groups in total. The lowest BCUT2D eigenvalue weighted by Crippen LogP contribution is -2.48. The van der Waals surface area contributed by atoms with E-state index in [-0.39, 0.29) is 17.9 Å². The van der Waals surface area contributed by atoms with Gasteiger partial charge >= 0.3 is 0 Å².